The number of hydrogen-bond donors (Lipinski definition) is 4. The van der Waals surface area contributed by atoms with Crippen molar-refractivity contribution >= 4 is 61.3 Å². The molecule has 0 radical (unpaired) electrons. The number of methoxy groups -OCH3 is 1. The van der Waals surface area contributed by atoms with Gasteiger partial charge < -0.3 is 40.2 Å². The minimum Gasteiger partial charge on any atom is -0.497 e. The van der Waals surface area contributed by atoms with Crippen LogP contribution in [0.15, 0.2) is 71.0 Å². The first-order valence-corrected chi connectivity index (χ1v) is 25.6. The second-order valence-electron chi connectivity index (χ2n) is 19.5. The first-order valence-electron chi connectivity index (χ1n) is 23.3. The molecule has 19 heteroatoms. The van der Waals surface area contributed by atoms with Crippen LogP contribution in [0.5, 0.6) is 11.5 Å². The van der Waals surface area contributed by atoms with Crippen LogP contribution in [-0.4, -0.2) is 119 Å². The lowest BCUT2D eigenvalue weighted by Crippen LogP contribution is -2.57. The summed E-state index contributed by atoms with van der Waals surface area (Å²) >= 11 is 1.44. The highest BCUT2D eigenvalue weighted by Gasteiger charge is 2.61. The number of rotatable bonds is 11. The fourth-order valence-electron chi connectivity index (χ4n) is 9.20. The maximum atomic E-state index is 15.0. The van der Waals surface area contributed by atoms with Gasteiger partial charge in [0.05, 0.1) is 36.3 Å². The molecule has 364 valence electrons. The molecule has 1 saturated carbocycles. The van der Waals surface area contributed by atoms with Crippen LogP contribution in [0.4, 0.5) is 9.93 Å². The van der Waals surface area contributed by atoms with E-state index >= 15 is 4.79 Å². The number of nitrogens with one attached hydrogen (secondary N) is 3. The SMILES string of the molecule is COc1ccc2c(O[C@@H]3C[C@H]4C(=O)N[C@]5(C(=O)O)CC5/C=C\CCCCC[C@H](NC(=O)OC(CN5CCc6ccccc6S5(=O)=O)C(C)(C)C)C(=O)N4C3)cc(-c3csc(NC(C)C)n3)nc2c1. The topological polar surface area (TPSA) is 219 Å². The third-order valence-electron chi connectivity index (χ3n) is 13.2. The van der Waals surface area contributed by atoms with Crippen molar-refractivity contribution in [2.45, 2.75) is 127 Å². The quantitative estimate of drug-likeness (QED) is 0.114. The van der Waals surface area contributed by atoms with Gasteiger partial charge in [0.15, 0.2) is 5.13 Å². The number of ether oxygens (including phenoxy) is 3. The number of aliphatic carboxylic acids is 1. The number of sulfonamides is 1. The number of allylic oxidation sites excluding steroid dienone is 1. The van der Waals surface area contributed by atoms with Gasteiger partial charge in [0.1, 0.15) is 47.0 Å². The first kappa shape index (κ1) is 48.7. The summed E-state index contributed by atoms with van der Waals surface area (Å²) in [6.07, 6.45) is 4.86. The Morgan fingerprint density at radius 1 is 1.06 bits per heavy atom. The van der Waals surface area contributed by atoms with Crippen molar-refractivity contribution in [1.29, 1.82) is 0 Å². The average Bonchev–Trinajstić information content (AvgIpc) is 3.55. The number of hydrogen-bond acceptors (Lipinski definition) is 13. The van der Waals surface area contributed by atoms with E-state index in [4.69, 9.17) is 24.2 Å². The molecule has 2 aromatic carbocycles. The number of carboxylic acids is 1. The molecule has 68 heavy (non-hydrogen) atoms. The number of amides is 3. The van der Waals surface area contributed by atoms with Gasteiger partial charge in [-0.2, -0.15) is 4.31 Å². The number of carboxylic acid groups (broad SMARTS) is 1. The van der Waals surface area contributed by atoms with E-state index in [2.05, 4.69) is 16.0 Å². The number of carbonyl (C=O) groups is 4. The largest absolute Gasteiger partial charge is 0.497 e. The molecule has 1 saturated heterocycles. The van der Waals surface area contributed by atoms with Crippen LogP contribution in [0.3, 0.4) is 0 Å². The molecule has 2 aromatic heterocycles. The maximum absolute atomic E-state index is 15.0. The average molecular weight is 972 g/mol. The summed E-state index contributed by atoms with van der Waals surface area (Å²) in [7, 11) is -2.31. The van der Waals surface area contributed by atoms with Gasteiger partial charge >= 0.3 is 12.1 Å². The molecule has 5 heterocycles. The van der Waals surface area contributed by atoms with Crippen molar-refractivity contribution in [3.8, 4) is 22.9 Å². The Morgan fingerprint density at radius 3 is 2.60 bits per heavy atom. The summed E-state index contributed by atoms with van der Waals surface area (Å²) in [5.41, 5.74) is 0.216. The zero-order valence-electron chi connectivity index (χ0n) is 39.3. The van der Waals surface area contributed by atoms with E-state index in [1.54, 1.807) is 49.6 Å². The molecule has 2 fully saturated rings. The van der Waals surface area contributed by atoms with Crippen LogP contribution in [0, 0.1) is 11.3 Å². The summed E-state index contributed by atoms with van der Waals surface area (Å²) < 4.78 is 47.2. The summed E-state index contributed by atoms with van der Waals surface area (Å²) in [6, 6.07) is 11.9. The second kappa shape index (κ2) is 19.7. The number of thiazole rings is 1. The zero-order valence-corrected chi connectivity index (χ0v) is 41.0. The highest BCUT2D eigenvalue weighted by atomic mass is 32.2. The molecule has 0 bridgehead atoms. The number of benzene rings is 2. The summed E-state index contributed by atoms with van der Waals surface area (Å²) in [5.74, 6) is -1.77. The Balaban J connectivity index is 1.08. The molecule has 0 spiro atoms. The minimum absolute atomic E-state index is 0.0128. The minimum atomic E-state index is -3.87. The normalized spacial score (nSPS) is 25.1. The molecule has 1 aliphatic carbocycles. The summed E-state index contributed by atoms with van der Waals surface area (Å²) in [5, 5.41) is 22.6. The predicted molar refractivity (Wildman–Crippen MR) is 257 cm³/mol. The fraction of sp³-hybridized carbons (Fsp3) is 0.510. The first-order chi connectivity index (χ1) is 32.4. The molecule has 4 N–H and O–H groups in total. The van der Waals surface area contributed by atoms with Crippen molar-refractivity contribution in [2.75, 3.05) is 32.1 Å². The van der Waals surface area contributed by atoms with Crippen molar-refractivity contribution in [1.82, 2.24) is 29.8 Å². The Morgan fingerprint density at radius 2 is 1.85 bits per heavy atom. The molecular weight excluding hydrogens is 911 g/mol. The van der Waals surface area contributed by atoms with Gasteiger partial charge in [-0.3, -0.25) is 9.59 Å². The van der Waals surface area contributed by atoms with Gasteiger partial charge in [-0.15, -0.1) is 11.3 Å². The van der Waals surface area contributed by atoms with Gasteiger partial charge in [0.25, 0.3) is 0 Å². The lowest BCUT2D eigenvalue weighted by Gasteiger charge is -2.36. The van der Waals surface area contributed by atoms with Gasteiger partial charge in [-0.1, -0.05) is 64.0 Å². The third kappa shape index (κ3) is 10.4. The van der Waals surface area contributed by atoms with Gasteiger partial charge in [0, 0.05) is 53.2 Å². The fourth-order valence-corrected chi connectivity index (χ4v) is 11.7. The molecule has 4 aromatic rings. The number of anilines is 1. The number of carbonyl (C=O) groups excluding carboxylic acids is 3. The van der Waals surface area contributed by atoms with E-state index in [1.165, 1.54) is 20.5 Å². The molecule has 8 rings (SSSR count). The van der Waals surface area contributed by atoms with Gasteiger partial charge in [-0.25, -0.2) is 28.0 Å². The number of aromatic nitrogens is 2. The van der Waals surface area contributed by atoms with E-state index in [1.807, 2.05) is 58.2 Å². The van der Waals surface area contributed by atoms with E-state index in [-0.39, 0.29) is 49.8 Å². The lowest BCUT2D eigenvalue weighted by molar-refractivity contribution is -0.145. The standard InChI is InChI=1S/C49H61N7O10S2/c1-29(2)50-46-52-38(28-67-46)37-24-40(34-19-18-32(64-6)22-36(34)51-37)65-33-23-39-43(57)54-49(45(59)60)25-31(49)15-10-8-7-9-11-16-35(44(58)56(39)26-33)53-47(61)66-42(48(3,4)5)27-55-21-20-30-14-12-13-17-41(30)68(55,62)63/h10,12-15,17-19,22,24,28-29,31,33,35,39,42H,7-9,11,16,20-21,23,25-27H2,1-6H3,(H,50,52)(H,53,61)(H,54,57)(H,59,60)/b15-10-/t31?,33-,35+,39+,42?,49-/m1/s1. The van der Waals surface area contributed by atoms with E-state index < -0.39 is 75.1 Å². The predicted octanol–water partition coefficient (Wildman–Crippen LogP) is 6.77. The lowest BCUT2D eigenvalue weighted by atomic mass is 9.89. The molecule has 3 amide bonds. The monoisotopic (exact) mass is 971 g/mol. The Kier molecular flexibility index (Phi) is 14.1. The Labute approximate surface area is 401 Å². The van der Waals surface area contributed by atoms with Crippen LogP contribution >= 0.6 is 11.3 Å². The third-order valence-corrected chi connectivity index (χ3v) is 15.9. The second-order valence-corrected chi connectivity index (χ2v) is 22.3. The number of nitrogens with zero attached hydrogens (tertiary/aromatic N) is 4. The van der Waals surface area contributed by atoms with Crippen LogP contribution in [0.2, 0.25) is 0 Å². The summed E-state index contributed by atoms with van der Waals surface area (Å²) in [6.45, 7) is 9.65. The number of pyridine rings is 1. The smallest absolute Gasteiger partial charge is 0.408 e. The highest BCUT2D eigenvalue weighted by Crippen LogP contribution is 2.46. The number of alkyl carbamates (subject to hydrolysis) is 1. The van der Waals surface area contributed by atoms with Gasteiger partial charge in [0.2, 0.25) is 21.8 Å². The van der Waals surface area contributed by atoms with Crippen molar-refractivity contribution in [3.05, 3.63) is 71.6 Å². The zero-order chi connectivity index (χ0) is 48.5. The van der Waals surface area contributed by atoms with Gasteiger partial charge in [-0.05, 0) is 69.7 Å². The molecule has 2 unspecified atom stereocenters. The van der Waals surface area contributed by atoms with Crippen LogP contribution in [0.1, 0.15) is 85.1 Å². The van der Waals surface area contributed by atoms with Crippen molar-refractivity contribution in [3.63, 3.8) is 0 Å². The van der Waals surface area contributed by atoms with Crippen molar-refractivity contribution in [2.24, 2.45) is 11.3 Å². The van der Waals surface area contributed by atoms with Crippen LogP contribution < -0.4 is 25.4 Å². The van der Waals surface area contributed by atoms with Crippen LogP contribution in [0.25, 0.3) is 22.3 Å². The summed E-state index contributed by atoms with van der Waals surface area (Å²) in [4.78, 5) is 67.6. The van der Waals surface area contributed by atoms with E-state index in [9.17, 15) is 27.9 Å². The maximum Gasteiger partial charge on any atom is 0.408 e. The molecule has 4 aliphatic rings. The van der Waals surface area contributed by atoms with Crippen molar-refractivity contribution < 1.29 is 46.9 Å². The molecule has 3 aliphatic heterocycles. The van der Waals surface area contributed by atoms with E-state index in [0.29, 0.717) is 59.5 Å². The van der Waals surface area contributed by atoms with E-state index in [0.717, 1.165) is 17.1 Å². The highest BCUT2D eigenvalue weighted by molar-refractivity contribution is 7.89. The Hall–Kier alpha value is -5.79. The molecule has 17 nitrogen and oxygen atoms in total. The molecule has 6 atom stereocenters. The Bertz CT molecular complexity index is 2700. The number of fused-ring (bicyclic) bond motifs is 4. The van der Waals surface area contributed by atoms with Crippen LogP contribution in [-0.2, 0) is 35.6 Å². The molecular formula is C49H61N7O10S2.